The lowest BCUT2D eigenvalue weighted by Crippen LogP contribution is -2.41. The van der Waals surface area contributed by atoms with Gasteiger partial charge in [0.1, 0.15) is 23.2 Å². The summed E-state index contributed by atoms with van der Waals surface area (Å²) >= 11 is 5.95. The van der Waals surface area contributed by atoms with Crippen molar-refractivity contribution in [1.29, 1.82) is 0 Å². The maximum absolute atomic E-state index is 12.1. The van der Waals surface area contributed by atoms with Crippen LogP contribution in [-0.2, 0) is 4.79 Å². The Morgan fingerprint density at radius 1 is 1.50 bits per heavy atom. The van der Waals surface area contributed by atoms with Crippen molar-refractivity contribution in [1.82, 2.24) is 14.9 Å². The summed E-state index contributed by atoms with van der Waals surface area (Å²) in [5.41, 5.74) is 5.57. The molecule has 0 spiro atoms. The minimum atomic E-state index is -0.420. The van der Waals surface area contributed by atoms with E-state index in [9.17, 15) is 4.79 Å². The molecular weight excluding hydrogens is 254 g/mol. The van der Waals surface area contributed by atoms with Crippen molar-refractivity contribution >= 4 is 29.1 Å². The Morgan fingerprint density at radius 3 is 2.67 bits per heavy atom. The molecule has 6 nitrogen and oxygen atoms in total. The molecule has 18 heavy (non-hydrogen) atoms. The number of nitrogens with zero attached hydrogens (tertiary/aromatic N) is 3. The second kappa shape index (κ2) is 6.39. The zero-order valence-electron chi connectivity index (χ0n) is 10.8. The largest absolute Gasteiger partial charge is 0.382 e. The molecule has 1 unspecified atom stereocenters. The third kappa shape index (κ3) is 3.22. The molecule has 1 rings (SSSR count). The lowest BCUT2D eigenvalue weighted by Gasteiger charge is -2.24. The highest BCUT2D eigenvalue weighted by Crippen LogP contribution is 2.23. The number of carbonyl (C=O) groups is 1. The van der Waals surface area contributed by atoms with Crippen LogP contribution in [0.15, 0.2) is 6.33 Å². The summed E-state index contributed by atoms with van der Waals surface area (Å²) in [6.45, 7) is 6.96. The van der Waals surface area contributed by atoms with Crippen LogP contribution in [0.4, 0.5) is 11.6 Å². The number of nitrogen functional groups attached to an aromatic ring is 1. The Balaban J connectivity index is 2.78. The Kier molecular flexibility index (Phi) is 5.15. The van der Waals surface area contributed by atoms with E-state index in [1.54, 1.807) is 11.8 Å². The van der Waals surface area contributed by atoms with Gasteiger partial charge in [0.15, 0.2) is 5.82 Å². The predicted octanol–water partition coefficient (Wildman–Crippen LogP) is 1.38. The lowest BCUT2D eigenvalue weighted by atomic mass is 10.2. The highest BCUT2D eigenvalue weighted by atomic mass is 35.5. The summed E-state index contributed by atoms with van der Waals surface area (Å²) in [6.07, 6.45) is 1.30. The maximum atomic E-state index is 12.1. The molecule has 1 heterocycles. The number of anilines is 2. The summed E-state index contributed by atoms with van der Waals surface area (Å²) in [5.74, 6) is 0.557. The number of rotatable bonds is 5. The van der Waals surface area contributed by atoms with Crippen LogP contribution in [0.2, 0.25) is 5.02 Å². The second-order valence-electron chi connectivity index (χ2n) is 3.80. The van der Waals surface area contributed by atoms with E-state index in [0.717, 1.165) is 0 Å². The molecule has 0 saturated heterocycles. The van der Waals surface area contributed by atoms with E-state index in [1.165, 1.54) is 6.33 Å². The molecule has 1 atom stereocenters. The quantitative estimate of drug-likeness (QED) is 0.845. The highest BCUT2D eigenvalue weighted by molar-refractivity contribution is 6.35. The number of hydrogen-bond acceptors (Lipinski definition) is 5. The fourth-order valence-corrected chi connectivity index (χ4v) is 1.71. The fraction of sp³-hybridized carbons (Fsp3) is 0.545. The number of likely N-dealkylation sites (N-methyl/N-ethyl adjacent to an activating group) is 1. The van der Waals surface area contributed by atoms with E-state index in [0.29, 0.717) is 18.9 Å². The molecule has 0 fully saturated rings. The fourth-order valence-electron chi connectivity index (χ4n) is 1.56. The van der Waals surface area contributed by atoms with Gasteiger partial charge in [-0.1, -0.05) is 11.6 Å². The molecule has 0 aromatic carbocycles. The standard InChI is InChI=1S/C11H18ClN5O/c1-4-17(5-2)11(18)7(3)16-10-8(12)9(13)14-6-15-10/h6-7H,4-5H2,1-3H3,(H3,13,14,15,16). The Morgan fingerprint density at radius 2 is 2.11 bits per heavy atom. The molecule has 100 valence electrons. The Hall–Kier alpha value is -1.56. The molecule has 0 aliphatic heterocycles. The van der Waals surface area contributed by atoms with E-state index in [4.69, 9.17) is 17.3 Å². The Bertz CT molecular complexity index is 422. The van der Waals surface area contributed by atoms with Crippen molar-refractivity contribution < 1.29 is 4.79 Å². The van der Waals surface area contributed by atoms with Gasteiger partial charge in [-0.3, -0.25) is 4.79 Å². The average Bonchev–Trinajstić information content (AvgIpc) is 2.36. The molecule has 0 aliphatic carbocycles. The van der Waals surface area contributed by atoms with Crippen molar-refractivity contribution in [3.63, 3.8) is 0 Å². The van der Waals surface area contributed by atoms with Gasteiger partial charge in [-0.15, -0.1) is 0 Å². The molecular formula is C11H18ClN5O. The van der Waals surface area contributed by atoms with Crippen molar-refractivity contribution in [2.75, 3.05) is 24.1 Å². The first-order chi connectivity index (χ1) is 8.51. The third-order valence-electron chi connectivity index (χ3n) is 2.62. The molecule has 0 aliphatic rings. The van der Waals surface area contributed by atoms with Crippen molar-refractivity contribution in [2.45, 2.75) is 26.8 Å². The van der Waals surface area contributed by atoms with Crippen molar-refractivity contribution in [3.05, 3.63) is 11.3 Å². The van der Waals surface area contributed by atoms with E-state index < -0.39 is 6.04 Å². The first-order valence-corrected chi connectivity index (χ1v) is 6.20. The molecule has 0 saturated carbocycles. The topological polar surface area (TPSA) is 84.1 Å². The number of amides is 1. The smallest absolute Gasteiger partial charge is 0.244 e. The highest BCUT2D eigenvalue weighted by Gasteiger charge is 2.19. The van der Waals surface area contributed by atoms with Crippen LogP contribution < -0.4 is 11.1 Å². The first kappa shape index (κ1) is 14.5. The molecule has 7 heteroatoms. The van der Waals surface area contributed by atoms with Crippen LogP contribution in [0, 0.1) is 0 Å². The number of carbonyl (C=O) groups excluding carboxylic acids is 1. The second-order valence-corrected chi connectivity index (χ2v) is 4.18. The normalized spacial score (nSPS) is 12.0. The summed E-state index contributed by atoms with van der Waals surface area (Å²) in [6, 6.07) is -0.420. The summed E-state index contributed by atoms with van der Waals surface area (Å²) < 4.78 is 0. The van der Waals surface area contributed by atoms with Gasteiger partial charge in [0, 0.05) is 13.1 Å². The third-order valence-corrected chi connectivity index (χ3v) is 2.99. The number of halogens is 1. The van der Waals surface area contributed by atoms with Crippen LogP contribution in [0.1, 0.15) is 20.8 Å². The number of nitrogens with one attached hydrogen (secondary N) is 1. The van der Waals surface area contributed by atoms with Gasteiger partial charge >= 0.3 is 0 Å². The van der Waals surface area contributed by atoms with Crippen LogP contribution in [0.5, 0.6) is 0 Å². The summed E-state index contributed by atoms with van der Waals surface area (Å²) in [4.78, 5) is 21.5. The van der Waals surface area contributed by atoms with E-state index >= 15 is 0 Å². The molecule has 0 radical (unpaired) electrons. The molecule has 1 amide bonds. The SMILES string of the molecule is CCN(CC)C(=O)C(C)Nc1ncnc(N)c1Cl. The minimum absolute atomic E-state index is 0.00625. The van der Waals surface area contributed by atoms with Gasteiger partial charge in [0.05, 0.1) is 0 Å². The molecule has 0 bridgehead atoms. The van der Waals surface area contributed by atoms with Gasteiger partial charge in [-0.25, -0.2) is 9.97 Å². The van der Waals surface area contributed by atoms with Gasteiger partial charge in [-0.05, 0) is 20.8 Å². The zero-order chi connectivity index (χ0) is 13.7. The summed E-state index contributed by atoms with van der Waals surface area (Å²) in [5, 5.41) is 3.18. The van der Waals surface area contributed by atoms with Gasteiger partial charge in [0.25, 0.3) is 0 Å². The van der Waals surface area contributed by atoms with Gasteiger partial charge < -0.3 is 16.0 Å². The van der Waals surface area contributed by atoms with Crippen LogP contribution in [0.25, 0.3) is 0 Å². The first-order valence-electron chi connectivity index (χ1n) is 5.82. The van der Waals surface area contributed by atoms with Crippen LogP contribution >= 0.6 is 11.6 Å². The van der Waals surface area contributed by atoms with E-state index in [1.807, 2.05) is 13.8 Å². The predicted molar refractivity (Wildman–Crippen MR) is 72.5 cm³/mol. The van der Waals surface area contributed by atoms with E-state index in [2.05, 4.69) is 15.3 Å². The van der Waals surface area contributed by atoms with Gasteiger partial charge in [0.2, 0.25) is 5.91 Å². The number of aromatic nitrogens is 2. The van der Waals surface area contributed by atoms with Gasteiger partial charge in [-0.2, -0.15) is 0 Å². The zero-order valence-corrected chi connectivity index (χ0v) is 11.5. The Labute approximate surface area is 112 Å². The molecule has 3 N–H and O–H groups in total. The molecule has 1 aromatic heterocycles. The number of hydrogen-bond donors (Lipinski definition) is 2. The average molecular weight is 272 g/mol. The summed E-state index contributed by atoms with van der Waals surface area (Å²) in [7, 11) is 0. The van der Waals surface area contributed by atoms with E-state index in [-0.39, 0.29) is 16.7 Å². The van der Waals surface area contributed by atoms with Crippen molar-refractivity contribution in [2.24, 2.45) is 0 Å². The maximum Gasteiger partial charge on any atom is 0.244 e. The van der Waals surface area contributed by atoms with Crippen molar-refractivity contribution in [3.8, 4) is 0 Å². The van der Waals surface area contributed by atoms with Crippen LogP contribution in [-0.4, -0.2) is 39.9 Å². The minimum Gasteiger partial charge on any atom is -0.382 e. The van der Waals surface area contributed by atoms with Crippen LogP contribution in [0.3, 0.4) is 0 Å². The molecule has 1 aromatic rings. The monoisotopic (exact) mass is 271 g/mol. The lowest BCUT2D eigenvalue weighted by molar-refractivity contribution is -0.131. The number of nitrogens with two attached hydrogens (primary N) is 1.